The molecule has 1 saturated heterocycles. The van der Waals surface area contributed by atoms with E-state index >= 15 is 0 Å². The van der Waals surface area contributed by atoms with Gasteiger partial charge in [-0.3, -0.25) is 0 Å². The van der Waals surface area contributed by atoms with Crippen molar-refractivity contribution in [2.45, 2.75) is 19.4 Å². The summed E-state index contributed by atoms with van der Waals surface area (Å²) in [6.45, 7) is 5.91. The van der Waals surface area contributed by atoms with Crippen LogP contribution in [0.25, 0.3) is 0 Å². The molecule has 0 unspecified atom stereocenters. The van der Waals surface area contributed by atoms with E-state index in [2.05, 4.69) is 22.5 Å². The van der Waals surface area contributed by atoms with Crippen LogP contribution < -0.4 is 16.4 Å². The van der Waals surface area contributed by atoms with Gasteiger partial charge in [0.25, 0.3) is 0 Å². The molecule has 0 radical (unpaired) electrons. The molecule has 2 atom stereocenters. The van der Waals surface area contributed by atoms with Crippen LogP contribution in [0.3, 0.4) is 0 Å². The lowest BCUT2D eigenvalue weighted by Crippen LogP contribution is -2.42. The van der Waals surface area contributed by atoms with Gasteiger partial charge >= 0.3 is 6.03 Å². The lowest BCUT2D eigenvalue weighted by molar-refractivity contribution is 0.237. The van der Waals surface area contributed by atoms with Crippen molar-refractivity contribution in [3.63, 3.8) is 0 Å². The van der Waals surface area contributed by atoms with Crippen LogP contribution in [0.15, 0.2) is 0 Å². The van der Waals surface area contributed by atoms with E-state index in [1.165, 1.54) is 0 Å². The molecule has 5 heteroatoms. The number of carbonyl (C=O) groups excluding carboxylic acids is 1. The van der Waals surface area contributed by atoms with Gasteiger partial charge in [0.2, 0.25) is 0 Å². The maximum absolute atomic E-state index is 11.1. The van der Waals surface area contributed by atoms with Gasteiger partial charge in [-0.05, 0) is 18.9 Å². The van der Waals surface area contributed by atoms with Crippen LogP contribution in [0.2, 0.25) is 0 Å². The van der Waals surface area contributed by atoms with Crippen LogP contribution in [-0.4, -0.2) is 50.2 Å². The van der Waals surface area contributed by atoms with E-state index in [0.717, 1.165) is 32.6 Å². The third kappa shape index (κ3) is 4.05. The molecular formula is C10H22N4O. The maximum Gasteiger partial charge on any atom is 0.314 e. The summed E-state index contributed by atoms with van der Waals surface area (Å²) in [7, 11) is 1.64. The number of likely N-dealkylation sites (tertiary alicyclic amines) is 1. The number of carbonyl (C=O) groups is 1. The topological polar surface area (TPSA) is 70.4 Å². The fourth-order valence-electron chi connectivity index (χ4n) is 1.89. The summed E-state index contributed by atoms with van der Waals surface area (Å²) in [5.41, 5.74) is 5.58. The fraction of sp³-hybridized carbons (Fsp3) is 0.900. The van der Waals surface area contributed by atoms with Crippen LogP contribution >= 0.6 is 0 Å². The molecule has 1 heterocycles. The van der Waals surface area contributed by atoms with E-state index in [1.54, 1.807) is 7.05 Å². The number of amides is 2. The Hall–Kier alpha value is -0.810. The number of nitrogens with two attached hydrogens (primary N) is 1. The van der Waals surface area contributed by atoms with E-state index in [4.69, 9.17) is 5.73 Å². The van der Waals surface area contributed by atoms with Crippen LogP contribution in [-0.2, 0) is 0 Å². The van der Waals surface area contributed by atoms with Gasteiger partial charge in [-0.25, -0.2) is 4.79 Å². The summed E-state index contributed by atoms with van der Waals surface area (Å²) >= 11 is 0. The third-order valence-electron chi connectivity index (χ3n) is 2.81. The van der Waals surface area contributed by atoms with Gasteiger partial charge in [0, 0.05) is 32.7 Å². The molecule has 0 saturated carbocycles. The van der Waals surface area contributed by atoms with Crippen molar-refractivity contribution in [3.8, 4) is 0 Å². The zero-order valence-electron chi connectivity index (χ0n) is 9.62. The molecule has 0 aliphatic carbocycles. The average molecular weight is 214 g/mol. The number of hydrogen-bond donors (Lipinski definition) is 3. The molecule has 88 valence electrons. The van der Waals surface area contributed by atoms with Crippen molar-refractivity contribution in [1.29, 1.82) is 0 Å². The Morgan fingerprint density at radius 2 is 2.40 bits per heavy atom. The Bertz CT molecular complexity index is 210. The van der Waals surface area contributed by atoms with Gasteiger partial charge in [-0.1, -0.05) is 6.92 Å². The quantitative estimate of drug-likeness (QED) is 0.595. The third-order valence-corrected chi connectivity index (χ3v) is 2.81. The lowest BCUT2D eigenvalue weighted by Gasteiger charge is -2.19. The van der Waals surface area contributed by atoms with Crippen molar-refractivity contribution in [2.24, 2.45) is 11.7 Å². The Kier molecular flexibility index (Phi) is 4.84. The largest absolute Gasteiger partial charge is 0.341 e. The second-order valence-corrected chi connectivity index (χ2v) is 4.31. The molecule has 0 aromatic carbocycles. The first kappa shape index (κ1) is 12.3. The van der Waals surface area contributed by atoms with Crippen molar-refractivity contribution in [1.82, 2.24) is 15.5 Å². The van der Waals surface area contributed by atoms with E-state index in [0.29, 0.717) is 5.92 Å². The Labute approximate surface area is 91.4 Å². The highest BCUT2D eigenvalue weighted by atomic mass is 16.2. The lowest BCUT2D eigenvalue weighted by atomic mass is 10.2. The van der Waals surface area contributed by atoms with E-state index < -0.39 is 0 Å². The Morgan fingerprint density at radius 1 is 1.67 bits per heavy atom. The van der Waals surface area contributed by atoms with E-state index in [-0.39, 0.29) is 12.1 Å². The summed E-state index contributed by atoms with van der Waals surface area (Å²) in [5, 5.41) is 5.50. The average Bonchev–Trinajstić information content (AvgIpc) is 2.65. The van der Waals surface area contributed by atoms with E-state index in [1.807, 2.05) is 0 Å². The summed E-state index contributed by atoms with van der Waals surface area (Å²) in [6.07, 6.45) is 1.03. The maximum atomic E-state index is 11.1. The van der Waals surface area contributed by atoms with Gasteiger partial charge < -0.3 is 21.3 Å². The highest BCUT2D eigenvalue weighted by Crippen LogP contribution is 2.10. The molecule has 5 nitrogen and oxygen atoms in total. The Balaban J connectivity index is 2.23. The minimum atomic E-state index is -0.0891. The van der Waals surface area contributed by atoms with Crippen LogP contribution in [0.1, 0.15) is 13.3 Å². The molecule has 0 aromatic heterocycles. The predicted molar refractivity (Wildman–Crippen MR) is 60.7 cm³/mol. The minimum Gasteiger partial charge on any atom is -0.341 e. The van der Waals surface area contributed by atoms with Crippen LogP contribution in [0.5, 0.6) is 0 Å². The van der Waals surface area contributed by atoms with Gasteiger partial charge in [0.15, 0.2) is 0 Å². The zero-order chi connectivity index (χ0) is 11.3. The molecule has 15 heavy (non-hydrogen) atoms. The SMILES string of the molecule is CNC(=O)N[C@H]1CCN(C[C@@H](C)CN)C1. The van der Waals surface area contributed by atoms with Crippen molar-refractivity contribution < 1.29 is 4.79 Å². The van der Waals surface area contributed by atoms with Crippen LogP contribution in [0.4, 0.5) is 4.79 Å². The van der Waals surface area contributed by atoms with Gasteiger partial charge in [-0.15, -0.1) is 0 Å². The van der Waals surface area contributed by atoms with Gasteiger partial charge in [0.1, 0.15) is 0 Å². The van der Waals surface area contributed by atoms with Crippen LogP contribution in [0, 0.1) is 5.92 Å². The highest BCUT2D eigenvalue weighted by Gasteiger charge is 2.24. The molecule has 4 N–H and O–H groups in total. The summed E-state index contributed by atoms with van der Waals surface area (Å²) in [4.78, 5) is 13.5. The normalized spacial score (nSPS) is 23.8. The second-order valence-electron chi connectivity index (χ2n) is 4.31. The molecule has 0 spiro atoms. The number of nitrogens with one attached hydrogen (secondary N) is 2. The van der Waals surface area contributed by atoms with Crippen molar-refractivity contribution >= 4 is 6.03 Å². The standard InChI is InChI=1S/C10H22N4O/c1-8(5-11)6-14-4-3-9(7-14)13-10(15)12-2/h8-9H,3-7,11H2,1-2H3,(H2,12,13,15)/t8-,9-/m0/s1. The second kappa shape index (κ2) is 5.92. The Morgan fingerprint density at radius 3 is 3.00 bits per heavy atom. The fourth-order valence-corrected chi connectivity index (χ4v) is 1.89. The number of hydrogen-bond acceptors (Lipinski definition) is 3. The number of nitrogens with zero attached hydrogens (tertiary/aromatic N) is 1. The molecule has 0 bridgehead atoms. The molecule has 1 aliphatic rings. The minimum absolute atomic E-state index is 0.0891. The predicted octanol–water partition coefficient (Wildman–Crippen LogP) is -0.415. The molecule has 1 aliphatic heterocycles. The van der Waals surface area contributed by atoms with Gasteiger partial charge in [-0.2, -0.15) is 0 Å². The number of urea groups is 1. The summed E-state index contributed by atoms with van der Waals surface area (Å²) in [6, 6.07) is 0.198. The summed E-state index contributed by atoms with van der Waals surface area (Å²) < 4.78 is 0. The first-order valence-electron chi connectivity index (χ1n) is 5.56. The van der Waals surface area contributed by atoms with Gasteiger partial charge in [0.05, 0.1) is 0 Å². The van der Waals surface area contributed by atoms with E-state index in [9.17, 15) is 4.79 Å². The zero-order valence-corrected chi connectivity index (χ0v) is 9.62. The molecule has 2 amide bonds. The molecule has 1 rings (SSSR count). The van der Waals surface area contributed by atoms with Crippen molar-refractivity contribution in [2.75, 3.05) is 33.2 Å². The number of rotatable bonds is 4. The molecule has 1 fully saturated rings. The molecule has 0 aromatic rings. The molecular weight excluding hydrogens is 192 g/mol. The highest BCUT2D eigenvalue weighted by molar-refractivity contribution is 5.73. The smallest absolute Gasteiger partial charge is 0.314 e. The first-order chi connectivity index (χ1) is 7.15. The van der Waals surface area contributed by atoms with Crippen molar-refractivity contribution in [3.05, 3.63) is 0 Å². The summed E-state index contributed by atoms with van der Waals surface area (Å²) in [5.74, 6) is 0.531. The first-order valence-corrected chi connectivity index (χ1v) is 5.56. The monoisotopic (exact) mass is 214 g/mol.